The van der Waals surface area contributed by atoms with Crippen LogP contribution in [0.2, 0.25) is 5.02 Å². The molecule has 4 nitrogen and oxygen atoms in total. The van der Waals surface area contributed by atoms with Crippen LogP contribution in [0, 0.1) is 0 Å². The Morgan fingerprint density at radius 2 is 1.68 bits per heavy atom. The molecule has 1 amide bonds. The summed E-state index contributed by atoms with van der Waals surface area (Å²) >= 11 is 6.02. The van der Waals surface area contributed by atoms with E-state index < -0.39 is 12.0 Å². The number of primary amides is 1. The Labute approximate surface area is 152 Å². The maximum Gasteiger partial charge on any atom is 0.258 e. The standard InChI is InChI=1S/C20H22ClNO3/c1-20(2,3)13-8-10-14(11-9-13)25-18(19(22)24)12-17(23)15-6-4-5-7-16(15)21/h4-11,18H,12H2,1-3H3,(H2,22,24). The topological polar surface area (TPSA) is 69.4 Å². The SMILES string of the molecule is CC(C)(C)c1ccc(OC(CC(=O)c2ccccc2Cl)C(N)=O)cc1. The first-order valence-corrected chi connectivity index (χ1v) is 8.40. The molecule has 2 rings (SSSR count). The summed E-state index contributed by atoms with van der Waals surface area (Å²) in [6.07, 6.45) is -1.22. The zero-order valence-electron chi connectivity index (χ0n) is 14.6. The maximum atomic E-state index is 12.4. The van der Waals surface area contributed by atoms with Crippen LogP contribution in [0.3, 0.4) is 0 Å². The van der Waals surface area contributed by atoms with Gasteiger partial charge in [-0.15, -0.1) is 0 Å². The molecule has 2 aromatic rings. The average Bonchev–Trinajstić information content (AvgIpc) is 2.54. The molecule has 1 atom stereocenters. The maximum absolute atomic E-state index is 12.4. The number of Topliss-reactive ketones (excluding diaryl/α,β-unsaturated/α-hetero) is 1. The number of carbonyl (C=O) groups excluding carboxylic acids is 2. The van der Waals surface area contributed by atoms with Crippen LogP contribution in [-0.4, -0.2) is 17.8 Å². The molecule has 0 aliphatic carbocycles. The van der Waals surface area contributed by atoms with Crippen LogP contribution in [0.15, 0.2) is 48.5 Å². The molecular weight excluding hydrogens is 338 g/mol. The van der Waals surface area contributed by atoms with Gasteiger partial charge in [0.05, 0.1) is 11.4 Å². The summed E-state index contributed by atoms with van der Waals surface area (Å²) in [5, 5.41) is 0.338. The smallest absolute Gasteiger partial charge is 0.258 e. The molecule has 25 heavy (non-hydrogen) atoms. The van der Waals surface area contributed by atoms with Gasteiger partial charge in [-0.25, -0.2) is 0 Å². The van der Waals surface area contributed by atoms with Gasteiger partial charge in [0.1, 0.15) is 5.75 Å². The summed E-state index contributed by atoms with van der Waals surface area (Å²) in [6, 6.07) is 14.1. The van der Waals surface area contributed by atoms with Crippen molar-refractivity contribution in [2.24, 2.45) is 5.73 Å². The molecule has 1 unspecified atom stereocenters. The number of rotatable bonds is 6. The van der Waals surface area contributed by atoms with Crippen LogP contribution in [0.5, 0.6) is 5.75 Å². The molecule has 0 heterocycles. The Morgan fingerprint density at radius 1 is 1.08 bits per heavy atom. The summed E-state index contributed by atoms with van der Waals surface area (Å²) < 4.78 is 5.64. The fraction of sp³-hybridized carbons (Fsp3) is 0.300. The van der Waals surface area contributed by atoms with E-state index in [0.717, 1.165) is 5.56 Å². The van der Waals surface area contributed by atoms with Crippen LogP contribution in [0.4, 0.5) is 0 Å². The normalized spacial score (nSPS) is 12.5. The molecule has 5 heteroatoms. The molecule has 0 aliphatic heterocycles. The fourth-order valence-electron chi connectivity index (χ4n) is 2.36. The van der Waals surface area contributed by atoms with Crippen LogP contribution >= 0.6 is 11.6 Å². The highest BCUT2D eigenvalue weighted by molar-refractivity contribution is 6.34. The summed E-state index contributed by atoms with van der Waals surface area (Å²) in [5.74, 6) is -0.496. The molecule has 0 bridgehead atoms. The lowest BCUT2D eigenvalue weighted by Gasteiger charge is -2.20. The van der Waals surface area contributed by atoms with E-state index in [9.17, 15) is 9.59 Å². The molecule has 0 aliphatic rings. The minimum absolute atomic E-state index is 0.0155. The third-order valence-electron chi connectivity index (χ3n) is 3.86. The number of amides is 1. The highest BCUT2D eigenvalue weighted by Crippen LogP contribution is 2.25. The number of ether oxygens (including phenoxy) is 1. The van der Waals surface area contributed by atoms with Gasteiger partial charge >= 0.3 is 0 Å². The van der Waals surface area contributed by atoms with Crippen molar-refractivity contribution < 1.29 is 14.3 Å². The lowest BCUT2D eigenvalue weighted by atomic mass is 9.87. The minimum Gasteiger partial charge on any atom is -0.480 e. The highest BCUT2D eigenvalue weighted by Gasteiger charge is 2.23. The van der Waals surface area contributed by atoms with Gasteiger partial charge < -0.3 is 10.5 Å². The largest absolute Gasteiger partial charge is 0.480 e. The van der Waals surface area contributed by atoms with Crippen molar-refractivity contribution >= 4 is 23.3 Å². The lowest BCUT2D eigenvalue weighted by Crippen LogP contribution is -2.35. The predicted molar refractivity (Wildman–Crippen MR) is 99.2 cm³/mol. The summed E-state index contributed by atoms with van der Waals surface area (Å²) in [5.41, 5.74) is 6.90. The Hall–Kier alpha value is -2.33. The van der Waals surface area contributed by atoms with Crippen LogP contribution in [0.1, 0.15) is 43.1 Å². The summed E-state index contributed by atoms with van der Waals surface area (Å²) in [7, 11) is 0. The molecule has 0 saturated heterocycles. The zero-order chi connectivity index (χ0) is 18.6. The first-order valence-electron chi connectivity index (χ1n) is 8.02. The fourth-order valence-corrected chi connectivity index (χ4v) is 2.60. The van der Waals surface area contributed by atoms with Crippen molar-refractivity contribution in [1.29, 1.82) is 0 Å². The second-order valence-electron chi connectivity index (χ2n) is 6.89. The third-order valence-corrected chi connectivity index (χ3v) is 4.19. The van der Waals surface area contributed by atoms with Crippen molar-refractivity contribution in [3.63, 3.8) is 0 Å². The molecule has 0 fully saturated rings. The van der Waals surface area contributed by atoms with Gasteiger partial charge in [0.2, 0.25) is 0 Å². The molecule has 0 aromatic heterocycles. The van der Waals surface area contributed by atoms with Crippen molar-refractivity contribution in [3.05, 3.63) is 64.7 Å². The molecule has 2 N–H and O–H groups in total. The summed E-state index contributed by atoms with van der Waals surface area (Å²) in [4.78, 5) is 24.1. The van der Waals surface area contributed by atoms with Gasteiger partial charge in [-0.2, -0.15) is 0 Å². The molecule has 132 valence electrons. The van der Waals surface area contributed by atoms with E-state index in [0.29, 0.717) is 16.3 Å². The number of hydrogen-bond donors (Lipinski definition) is 1. The monoisotopic (exact) mass is 359 g/mol. The number of hydrogen-bond acceptors (Lipinski definition) is 3. The quantitative estimate of drug-likeness (QED) is 0.788. The molecule has 0 saturated carbocycles. The van der Waals surface area contributed by atoms with E-state index in [1.165, 1.54) is 0 Å². The van der Waals surface area contributed by atoms with Gasteiger partial charge in [0.15, 0.2) is 11.9 Å². The lowest BCUT2D eigenvalue weighted by molar-refractivity contribution is -0.124. The first-order chi connectivity index (χ1) is 11.7. The Morgan fingerprint density at radius 3 is 2.20 bits per heavy atom. The average molecular weight is 360 g/mol. The summed E-state index contributed by atoms with van der Waals surface area (Å²) in [6.45, 7) is 6.33. The Kier molecular flexibility index (Phi) is 5.85. The van der Waals surface area contributed by atoms with Crippen LogP contribution < -0.4 is 10.5 Å². The van der Waals surface area contributed by atoms with E-state index in [1.54, 1.807) is 36.4 Å². The molecule has 0 spiro atoms. The number of benzene rings is 2. The van der Waals surface area contributed by atoms with Gasteiger partial charge in [0.25, 0.3) is 5.91 Å². The highest BCUT2D eigenvalue weighted by atomic mass is 35.5. The number of nitrogens with two attached hydrogens (primary N) is 1. The minimum atomic E-state index is -1.05. The predicted octanol–water partition coefficient (Wildman–Crippen LogP) is 4.14. The third kappa shape index (κ3) is 5.07. The van der Waals surface area contributed by atoms with Crippen molar-refractivity contribution in [2.75, 3.05) is 0 Å². The van der Waals surface area contributed by atoms with E-state index in [1.807, 2.05) is 12.1 Å². The second-order valence-corrected chi connectivity index (χ2v) is 7.30. The van der Waals surface area contributed by atoms with E-state index in [2.05, 4.69) is 20.8 Å². The number of halogens is 1. The second kappa shape index (κ2) is 7.70. The first kappa shape index (κ1) is 19.0. The molecule has 2 aromatic carbocycles. The molecule has 0 radical (unpaired) electrons. The van der Waals surface area contributed by atoms with E-state index in [4.69, 9.17) is 22.1 Å². The number of carbonyl (C=O) groups is 2. The van der Waals surface area contributed by atoms with Gasteiger partial charge in [0, 0.05) is 5.56 Å². The Bertz CT molecular complexity index is 763. The van der Waals surface area contributed by atoms with E-state index >= 15 is 0 Å². The van der Waals surface area contributed by atoms with Gasteiger partial charge in [-0.05, 0) is 35.2 Å². The van der Waals surface area contributed by atoms with Gasteiger partial charge in [-0.1, -0.05) is 56.6 Å². The number of ketones is 1. The van der Waals surface area contributed by atoms with Crippen LogP contribution in [0.25, 0.3) is 0 Å². The van der Waals surface area contributed by atoms with Crippen molar-refractivity contribution in [3.8, 4) is 5.75 Å². The Balaban J connectivity index is 2.12. The van der Waals surface area contributed by atoms with Crippen molar-refractivity contribution in [2.45, 2.75) is 38.7 Å². The van der Waals surface area contributed by atoms with Crippen LogP contribution in [-0.2, 0) is 10.2 Å². The zero-order valence-corrected chi connectivity index (χ0v) is 15.3. The van der Waals surface area contributed by atoms with Gasteiger partial charge in [-0.3, -0.25) is 9.59 Å². The molecular formula is C20H22ClNO3. The van der Waals surface area contributed by atoms with Crippen molar-refractivity contribution in [1.82, 2.24) is 0 Å². The van der Waals surface area contributed by atoms with E-state index in [-0.39, 0.29) is 17.6 Å².